The zero-order chi connectivity index (χ0) is 13.2. The summed E-state index contributed by atoms with van der Waals surface area (Å²) in [5.74, 6) is 0.612. The smallest absolute Gasteiger partial charge is 0.0787 e. The molecule has 0 saturated carbocycles. The Hall–Kier alpha value is -1.31. The Balaban J connectivity index is 0.000000184. The van der Waals surface area contributed by atoms with Crippen molar-refractivity contribution >= 4 is 11.6 Å². The molecule has 1 atom stereocenters. The summed E-state index contributed by atoms with van der Waals surface area (Å²) in [4.78, 5) is 0. The number of rotatable bonds is 3. The van der Waals surface area contributed by atoms with Gasteiger partial charge in [-0.2, -0.15) is 0 Å². The molecule has 2 rings (SSSR count). The van der Waals surface area contributed by atoms with Crippen LogP contribution in [-0.2, 0) is 5.88 Å². The average molecular weight is 263 g/mol. The second kappa shape index (κ2) is 8.73. The fraction of sp³-hybridized carbons (Fsp3) is 0.250. The third-order valence-electron chi connectivity index (χ3n) is 2.57. The lowest BCUT2D eigenvalue weighted by molar-refractivity contribution is 0.173. The second-order valence-electron chi connectivity index (χ2n) is 3.95. The predicted octanol–water partition coefficient (Wildman–Crippen LogP) is 4.56. The molecule has 0 aliphatic rings. The van der Waals surface area contributed by atoms with E-state index >= 15 is 0 Å². The van der Waals surface area contributed by atoms with Gasteiger partial charge in [0.2, 0.25) is 0 Å². The highest BCUT2D eigenvalue weighted by molar-refractivity contribution is 6.17. The first-order valence-corrected chi connectivity index (χ1v) is 6.64. The van der Waals surface area contributed by atoms with Crippen LogP contribution in [-0.4, -0.2) is 5.11 Å². The minimum atomic E-state index is -0.291. The summed E-state index contributed by atoms with van der Waals surface area (Å²) in [6.45, 7) is 1.97. The van der Waals surface area contributed by atoms with E-state index in [0.717, 1.165) is 12.0 Å². The third-order valence-corrected chi connectivity index (χ3v) is 2.88. The van der Waals surface area contributed by atoms with E-state index in [1.165, 1.54) is 5.56 Å². The summed E-state index contributed by atoms with van der Waals surface area (Å²) >= 11 is 5.53. The SMILES string of the molecule is CCC(O)c1ccccc1.ClCc1ccccc1. The fourth-order valence-electron chi connectivity index (χ4n) is 1.48. The summed E-state index contributed by atoms with van der Waals surface area (Å²) in [6.07, 6.45) is 0.491. The van der Waals surface area contributed by atoms with E-state index in [2.05, 4.69) is 0 Å². The van der Waals surface area contributed by atoms with Crippen molar-refractivity contribution in [3.8, 4) is 0 Å². The molecule has 2 aromatic rings. The van der Waals surface area contributed by atoms with E-state index in [1.54, 1.807) is 0 Å². The zero-order valence-corrected chi connectivity index (χ0v) is 11.3. The number of hydrogen-bond donors (Lipinski definition) is 1. The van der Waals surface area contributed by atoms with E-state index in [0.29, 0.717) is 5.88 Å². The van der Waals surface area contributed by atoms with Crippen molar-refractivity contribution in [2.24, 2.45) is 0 Å². The van der Waals surface area contributed by atoms with Gasteiger partial charge in [0, 0.05) is 5.88 Å². The summed E-state index contributed by atoms with van der Waals surface area (Å²) in [7, 11) is 0. The van der Waals surface area contributed by atoms with E-state index in [-0.39, 0.29) is 6.10 Å². The molecular weight excluding hydrogens is 244 g/mol. The van der Waals surface area contributed by atoms with Gasteiger partial charge in [-0.05, 0) is 17.5 Å². The van der Waals surface area contributed by atoms with Gasteiger partial charge in [0.05, 0.1) is 6.10 Å². The van der Waals surface area contributed by atoms with Crippen molar-refractivity contribution < 1.29 is 5.11 Å². The van der Waals surface area contributed by atoms with Crippen LogP contribution in [0.5, 0.6) is 0 Å². The fourth-order valence-corrected chi connectivity index (χ4v) is 1.66. The molecule has 0 bridgehead atoms. The lowest BCUT2D eigenvalue weighted by Crippen LogP contribution is -1.93. The molecule has 1 unspecified atom stereocenters. The van der Waals surface area contributed by atoms with Crippen LogP contribution in [0.2, 0.25) is 0 Å². The molecule has 0 amide bonds. The number of aliphatic hydroxyl groups is 1. The molecule has 0 fully saturated rings. The average Bonchev–Trinajstić information content (AvgIpc) is 2.49. The Morgan fingerprint density at radius 2 is 1.44 bits per heavy atom. The minimum Gasteiger partial charge on any atom is -0.388 e. The first-order chi connectivity index (χ1) is 8.77. The van der Waals surface area contributed by atoms with Crippen LogP contribution in [0.25, 0.3) is 0 Å². The van der Waals surface area contributed by atoms with Crippen molar-refractivity contribution in [1.29, 1.82) is 0 Å². The quantitative estimate of drug-likeness (QED) is 0.805. The first-order valence-electron chi connectivity index (χ1n) is 6.10. The van der Waals surface area contributed by atoms with Crippen molar-refractivity contribution in [2.75, 3.05) is 0 Å². The van der Waals surface area contributed by atoms with Crippen LogP contribution in [0.4, 0.5) is 0 Å². The zero-order valence-electron chi connectivity index (χ0n) is 10.6. The van der Waals surface area contributed by atoms with E-state index in [9.17, 15) is 5.11 Å². The largest absolute Gasteiger partial charge is 0.388 e. The Bertz CT molecular complexity index is 414. The molecule has 0 heterocycles. The standard InChI is InChI=1S/C9H12O.C7H7Cl/c1-2-9(10)8-6-4-3-5-7-8;8-6-7-4-2-1-3-5-7/h3-7,9-10H,2H2,1H3;1-5H,6H2. The Morgan fingerprint density at radius 1 is 0.944 bits per heavy atom. The van der Waals surface area contributed by atoms with Crippen molar-refractivity contribution in [1.82, 2.24) is 0 Å². The highest BCUT2D eigenvalue weighted by Gasteiger charge is 2.00. The van der Waals surface area contributed by atoms with Crippen LogP contribution in [0.1, 0.15) is 30.6 Å². The second-order valence-corrected chi connectivity index (χ2v) is 4.22. The van der Waals surface area contributed by atoms with Gasteiger partial charge in [0.15, 0.2) is 0 Å². The van der Waals surface area contributed by atoms with Gasteiger partial charge in [0.25, 0.3) is 0 Å². The summed E-state index contributed by atoms with van der Waals surface area (Å²) in [5.41, 5.74) is 2.18. The summed E-state index contributed by atoms with van der Waals surface area (Å²) in [5, 5.41) is 9.33. The Labute approximate surface area is 114 Å². The molecule has 18 heavy (non-hydrogen) atoms. The minimum absolute atomic E-state index is 0.291. The molecular formula is C16H19ClO. The van der Waals surface area contributed by atoms with Gasteiger partial charge >= 0.3 is 0 Å². The number of alkyl halides is 1. The van der Waals surface area contributed by atoms with Gasteiger partial charge in [-0.15, -0.1) is 11.6 Å². The first kappa shape index (κ1) is 14.7. The highest BCUT2D eigenvalue weighted by atomic mass is 35.5. The highest BCUT2D eigenvalue weighted by Crippen LogP contribution is 2.14. The van der Waals surface area contributed by atoms with Crippen molar-refractivity contribution in [3.05, 3.63) is 71.8 Å². The molecule has 2 aromatic carbocycles. The molecule has 0 radical (unpaired) electrons. The summed E-state index contributed by atoms with van der Waals surface area (Å²) < 4.78 is 0. The van der Waals surface area contributed by atoms with Crippen molar-refractivity contribution in [2.45, 2.75) is 25.3 Å². The lowest BCUT2D eigenvalue weighted by Gasteiger charge is -2.05. The number of halogens is 1. The molecule has 96 valence electrons. The Morgan fingerprint density at radius 3 is 1.83 bits per heavy atom. The lowest BCUT2D eigenvalue weighted by atomic mass is 10.1. The van der Waals surface area contributed by atoms with E-state index < -0.39 is 0 Å². The van der Waals surface area contributed by atoms with Crippen LogP contribution in [0.3, 0.4) is 0 Å². The molecule has 0 aliphatic carbocycles. The molecule has 0 spiro atoms. The molecule has 2 heteroatoms. The van der Waals surface area contributed by atoms with Crippen LogP contribution in [0.15, 0.2) is 60.7 Å². The topological polar surface area (TPSA) is 20.2 Å². The van der Waals surface area contributed by atoms with E-state index in [4.69, 9.17) is 11.6 Å². The van der Waals surface area contributed by atoms with Gasteiger partial charge in [-0.25, -0.2) is 0 Å². The Kier molecular flexibility index (Phi) is 7.16. The summed E-state index contributed by atoms with van der Waals surface area (Å²) in [6, 6.07) is 19.7. The maximum atomic E-state index is 9.33. The van der Waals surface area contributed by atoms with Crippen LogP contribution < -0.4 is 0 Å². The molecule has 0 saturated heterocycles. The molecule has 0 aliphatic heterocycles. The van der Waals surface area contributed by atoms with E-state index in [1.807, 2.05) is 67.6 Å². The van der Waals surface area contributed by atoms with Crippen molar-refractivity contribution in [3.63, 3.8) is 0 Å². The van der Waals surface area contributed by atoms with Gasteiger partial charge in [-0.3, -0.25) is 0 Å². The number of aliphatic hydroxyl groups excluding tert-OH is 1. The number of benzene rings is 2. The maximum absolute atomic E-state index is 9.33. The molecule has 1 N–H and O–H groups in total. The normalized spacial score (nSPS) is 11.3. The number of hydrogen-bond acceptors (Lipinski definition) is 1. The molecule has 1 nitrogen and oxygen atoms in total. The van der Waals surface area contributed by atoms with Gasteiger partial charge in [-0.1, -0.05) is 67.6 Å². The molecule has 0 aromatic heterocycles. The monoisotopic (exact) mass is 262 g/mol. The van der Waals surface area contributed by atoms with Crippen LogP contribution >= 0.6 is 11.6 Å². The predicted molar refractivity (Wildman–Crippen MR) is 77.7 cm³/mol. The third kappa shape index (κ3) is 5.35. The van der Waals surface area contributed by atoms with Gasteiger partial charge < -0.3 is 5.11 Å². The van der Waals surface area contributed by atoms with Gasteiger partial charge in [0.1, 0.15) is 0 Å². The van der Waals surface area contributed by atoms with Crippen LogP contribution in [0, 0.1) is 0 Å². The maximum Gasteiger partial charge on any atom is 0.0787 e.